The van der Waals surface area contributed by atoms with Crippen molar-refractivity contribution in [2.75, 3.05) is 5.32 Å². The lowest BCUT2D eigenvalue weighted by Gasteiger charge is -2.22. The van der Waals surface area contributed by atoms with Gasteiger partial charge < -0.3 is 5.32 Å². The normalized spacial score (nSPS) is 18.9. The van der Waals surface area contributed by atoms with Gasteiger partial charge in [0.05, 0.1) is 11.7 Å². The molecule has 8 heteroatoms. The third kappa shape index (κ3) is 2.90. The second kappa shape index (κ2) is 5.58. The van der Waals surface area contributed by atoms with Crippen LogP contribution in [0.1, 0.15) is 18.5 Å². The van der Waals surface area contributed by atoms with E-state index >= 15 is 0 Å². The Labute approximate surface area is 133 Å². The third-order valence-corrected chi connectivity index (χ3v) is 4.84. The number of halogens is 1. The fourth-order valence-electron chi connectivity index (χ4n) is 2.12. The summed E-state index contributed by atoms with van der Waals surface area (Å²) in [6.07, 6.45) is 3.36. The molecule has 2 aromatic rings. The smallest absolute Gasteiger partial charge is 0.266 e. The van der Waals surface area contributed by atoms with E-state index in [-0.39, 0.29) is 16.9 Å². The molecule has 0 aliphatic carbocycles. The molecule has 2 N–H and O–H groups in total. The van der Waals surface area contributed by atoms with Crippen LogP contribution in [0.4, 0.5) is 5.69 Å². The van der Waals surface area contributed by atoms with E-state index in [1.54, 1.807) is 24.5 Å². The first kappa shape index (κ1) is 14.8. The van der Waals surface area contributed by atoms with Crippen LogP contribution >= 0.6 is 11.6 Å². The molecular formula is C14H13ClN4O2S. The SMILES string of the molecule is CC(N=C1Nc2cc(Cl)ccc2S(=O)(=O)N1)c1cccnc1. The lowest BCUT2D eigenvalue weighted by atomic mass is 10.1. The van der Waals surface area contributed by atoms with Crippen molar-refractivity contribution in [2.24, 2.45) is 4.99 Å². The van der Waals surface area contributed by atoms with Crippen LogP contribution in [0.3, 0.4) is 0 Å². The summed E-state index contributed by atoms with van der Waals surface area (Å²) < 4.78 is 26.9. The number of benzene rings is 1. The predicted octanol–water partition coefficient (Wildman–Crippen LogP) is 2.56. The Morgan fingerprint density at radius 2 is 2.14 bits per heavy atom. The summed E-state index contributed by atoms with van der Waals surface area (Å²) in [6, 6.07) is 7.97. The molecule has 114 valence electrons. The van der Waals surface area contributed by atoms with Crippen LogP contribution in [-0.2, 0) is 10.0 Å². The molecule has 0 saturated heterocycles. The van der Waals surface area contributed by atoms with E-state index in [9.17, 15) is 8.42 Å². The number of guanidine groups is 1. The Morgan fingerprint density at radius 3 is 2.86 bits per heavy atom. The number of nitrogens with zero attached hydrogens (tertiary/aromatic N) is 2. The Bertz CT molecular complexity index is 837. The molecule has 0 radical (unpaired) electrons. The number of fused-ring (bicyclic) bond motifs is 1. The second-order valence-corrected chi connectivity index (χ2v) is 6.90. The summed E-state index contributed by atoms with van der Waals surface area (Å²) in [5, 5.41) is 3.40. The molecule has 0 spiro atoms. The van der Waals surface area contributed by atoms with E-state index in [0.717, 1.165) is 5.56 Å². The number of hydrogen-bond donors (Lipinski definition) is 2. The first-order chi connectivity index (χ1) is 10.5. The summed E-state index contributed by atoms with van der Waals surface area (Å²) in [4.78, 5) is 8.54. The van der Waals surface area contributed by atoms with Gasteiger partial charge in [-0.15, -0.1) is 0 Å². The average molecular weight is 337 g/mol. The number of anilines is 1. The van der Waals surface area contributed by atoms with E-state index in [2.05, 4.69) is 20.0 Å². The number of pyridine rings is 1. The highest BCUT2D eigenvalue weighted by Gasteiger charge is 2.27. The molecule has 3 rings (SSSR count). The second-order valence-electron chi connectivity index (χ2n) is 4.81. The third-order valence-electron chi connectivity index (χ3n) is 3.20. The van der Waals surface area contributed by atoms with Gasteiger partial charge in [0.25, 0.3) is 10.0 Å². The molecule has 0 bridgehead atoms. The van der Waals surface area contributed by atoms with Gasteiger partial charge >= 0.3 is 0 Å². The van der Waals surface area contributed by atoms with E-state index in [1.807, 2.05) is 13.0 Å². The lowest BCUT2D eigenvalue weighted by Crippen LogP contribution is -2.40. The molecule has 2 heterocycles. The number of nitrogens with one attached hydrogen (secondary N) is 2. The number of rotatable bonds is 2. The van der Waals surface area contributed by atoms with Crippen LogP contribution in [0, 0.1) is 0 Å². The maximum atomic E-state index is 12.2. The minimum absolute atomic E-state index is 0.143. The van der Waals surface area contributed by atoms with Crippen molar-refractivity contribution in [1.82, 2.24) is 9.71 Å². The molecule has 1 aromatic heterocycles. The van der Waals surface area contributed by atoms with Gasteiger partial charge in [-0.25, -0.2) is 18.1 Å². The summed E-state index contributed by atoms with van der Waals surface area (Å²) in [5.41, 5.74) is 1.29. The molecule has 1 unspecified atom stereocenters. The fraction of sp³-hybridized carbons (Fsp3) is 0.143. The van der Waals surface area contributed by atoms with Crippen molar-refractivity contribution >= 4 is 33.3 Å². The monoisotopic (exact) mass is 336 g/mol. The van der Waals surface area contributed by atoms with Gasteiger partial charge in [-0.2, -0.15) is 0 Å². The molecule has 1 aliphatic rings. The molecule has 0 fully saturated rings. The van der Waals surface area contributed by atoms with Crippen LogP contribution in [0.25, 0.3) is 0 Å². The largest absolute Gasteiger partial charge is 0.324 e. The van der Waals surface area contributed by atoms with Crippen molar-refractivity contribution in [2.45, 2.75) is 17.9 Å². The van der Waals surface area contributed by atoms with Gasteiger partial charge in [-0.3, -0.25) is 4.98 Å². The maximum Gasteiger partial charge on any atom is 0.266 e. The van der Waals surface area contributed by atoms with Crippen LogP contribution in [-0.4, -0.2) is 19.4 Å². The van der Waals surface area contributed by atoms with E-state index in [1.165, 1.54) is 12.1 Å². The fourth-order valence-corrected chi connectivity index (χ4v) is 3.41. The highest BCUT2D eigenvalue weighted by atomic mass is 35.5. The molecule has 6 nitrogen and oxygen atoms in total. The van der Waals surface area contributed by atoms with Crippen molar-refractivity contribution in [1.29, 1.82) is 0 Å². The van der Waals surface area contributed by atoms with Crippen molar-refractivity contribution in [3.63, 3.8) is 0 Å². The number of aliphatic imine (C=N–C) groups is 1. The van der Waals surface area contributed by atoms with Gasteiger partial charge in [0.1, 0.15) is 4.90 Å². The van der Waals surface area contributed by atoms with Crippen LogP contribution in [0.15, 0.2) is 52.6 Å². The zero-order valence-corrected chi connectivity index (χ0v) is 13.2. The molecule has 0 amide bonds. The first-order valence-corrected chi connectivity index (χ1v) is 8.39. The van der Waals surface area contributed by atoms with Crippen molar-refractivity contribution in [3.05, 3.63) is 53.3 Å². The van der Waals surface area contributed by atoms with Crippen LogP contribution in [0.5, 0.6) is 0 Å². The highest BCUT2D eigenvalue weighted by molar-refractivity contribution is 7.90. The van der Waals surface area contributed by atoms with Crippen LogP contribution < -0.4 is 10.0 Å². The molecule has 1 atom stereocenters. The van der Waals surface area contributed by atoms with Gasteiger partial charge in [0.15, 0.2) is 0 Å². The molecular weight excluding hydrogens is 324 g/mol. The zero-order chi connectivity index (χ0) is 15.7. The molecule has 22 heavy (non-hydrogen) atoms. The zero-order valence-electron chi connectivity index (χ0n) is 11.6. The van der Waals surface area contributed by atoms with Gasteiger partial charge in [0, 0.05) is 17.4 Å². The molecule has 0 saturated carbocycles. The highest BCUT2D eigenvalue weighted by Crippen LogP contribution is 2.28. The Balaban J connectivity index is 1.96. The Kier molecular flexibility index (Phi) is 3.76. The summed E-state index contributed by atoms with van der Waals surface area (Å²) in [5.74, 6) is 0.158. The Morgan fingerprint density at radius 1 is 1.32 bits per heavy atom. The summed E-state index contributed by atoms with van der Waals surface area (Å²) >= 11 is 5.92. The molecule has 1 aromatic carbocycles. The van der Waals surface area contributed by atoms with Gasteiger partial charge in [0.2, 0.25) is 5.96 Å². The first-order valence-electron chi connectivity index (χ1n) is 6.53. The summed E-state index contributed by atoms with van der Waals surface area (Å²) in [6.45, 7) is 1.85. The van der Waals surface area contributed by atoms with E-state index in [4.69, 9.17) is 11.6 Å². The Hall–Kier alpha value is -2.12. The topological polar surface area (TPSA) is 83.5 Å². The average Bonchev–Trinajstić information content (AvgIpc) is 2.46. The van der Waals surface area contributed by atoms with E-state index < -0.39 is 10.0 Å². The van der Waals surface area contributed by atoms with Gasteiger partial charge in [-0.1, -0.05) is 17.7 Å². The minimum atomic E-state index is -3.65. The standard InChI is InChI=1S/C14H13ClN4O2S/c1-9(10-3-2-6-16-8-10)17-14-18-12-7-11(15)4-5-13(12)22(20,21)19-14/h2-9H,1H3,(H2,17,18,19). The number of hydrogen-bond acceptors (Lipinski definition) is 4. The lowest BCUT2D eigenvalue weighted by molar-refractivity contribution is 0.591. The maximum absolute atomic E-state index is 12.2. The number of sulfonamides is 1. The van der Waals surface area contributed by atoms with Crippen LogP contribution in [0.2, 0.25) is 5.02 Å². The number of aromatic nitrogens is 1. The van der Waals surface area contributed by atoms with Crippen molar-refractivity contribution < 1.29 is 8.42 Å². The summed E-state index contributed by atoms with van der Waals surface area (Å²) in [7, 11) is -3.65. The van der Waals surface area contributed by atoms with Gasteiger partial charge in [-0.05, 0) is 36.8 Å². The molecule has 1 aliphatic heterocycles. The van der Waals surface area contributed by atoms with Crippen molar-refractivity contribution in [3.8, 4) is 0 Å². The quantitative estimate of drug-likeness (QED) is 0.882. The minimum Gasteiger partial charge on any atom is -0.324 e. The predicted molar refractivity (Wildman–Crippen MR) is 85.5 cm³/mol. The van der Waals surface area contributed by atoms with E-state index in [0.29, 0.717) is 10.7 Å².